The SMILES string of the molecule is Cn1ccc2ccccc21.[C-]#[O+].[C-]#[O+].[C-]#[O+].[Cr]. The van der Waals surface area contributed by atoms with E-state index in [2.05, 4.69) is 68.1 Å². The van der Waals surface area contributed by atoms with Crippen LogP contribution in [-0.4, -0.2) is 4.57 Å². The Hall–Kier alpha value is -1.49. The molecule has 0 fully saturated rings. The molecule has 0 amide bonds. The van der Waals surface area contributed by atoms with Crippen LogP contribution in [0.25, 0.3) is 10.9 Å². The summed E-state index contributed by atoms with van der Waals surface area (Å²) < 4.78 is 24.6. The normalized spacial score (nSPS) is 6.53. The first-order valence-electron chi connectivity index (χ1n) is 3.99. The minimum atomic E-state index is 0. The first-order chi connectivity index (χ1) is 7.88. The maximum absolute atomic E-state index is 7.50. The molecule has 4 nitrogen and oxygen atoms in total. The monoisotopic (exact) mass is 267 g/mol. The van der Waals surface area contributed by atoms with Gasteiger partial charge in [-0.05, 0) is 17.5 Å². The second-order valence-corrected chi connectivity index (χ2v) is 2.49. The number of hydrogen-bond acceptors (Lipinski definition) is 0. The van der Waals surface area contributed by atoms with Crippen molar-refractivity contribution in [2.24, 2.45) is 7.05 Å². The maximum atomic E-state index is 7.50. The number of para-hydroxylation sites is 1. The molecule has 0 unspecified atom stereocenters. The van der Waals surface area contributed by atoms with Crippen LogP contribution >= 0.6 is 0 Å². The molecule has 0 radical (unpaired) electrons. The van der Waals surface area contributed by atoms with Gasteiger partial charge in [0.25, 0.3) is 0 Å². The van der Waals surface area contributed by atoms with E-state index in [-0.39, 0.29) is 17.4 Å². The summed E-state index contributed by atoms with van der Waals surface area (Å²) in [7, 11) is 2.06. The third-order valence-electron chi connectivity index (χ3n) is 1.79. The Labute approximate surface area is 111 Å². The van der Waals surface area contributed by atoms with E-state index in [0.717, 1.165) is 0 Å². The van der Waals surface area contributed by atoms with Crippen molar-refractivity contribution in [2.45, 2.75) is 0 Å². The number of hydrogen-bond donors (Lipinski definition) is 0. The molecule has 0 aliphatic carbocycles. The molecule has 0 atom stereocenters. The molecular weight excluding hydrogens is 258 g/mol. The predicted molar refractivity (Wildman–Crippen MR) is 54.7 cm³/mol. The molecule has 0 N–H and O–H groups in total. The number of aryl methyl sites for hydroxylation is 1. The summed E-state index contributed by atoms with van der Waals surface area (Å²) in [6, 6.07) is 10.5. The van der Waals surface area contributed by atoms with Crippen molar-refractivity contribution in [3.05, 3.63) is 56.5 Å². The van der Waals surface area contributed by atoms with E-state index < -0.39 is 0 Å². The largest absolute Gasteiger partial charge is 0 e. The fraction of sp³-hybridized carbons (Fsp3) is 0.0833. The van der Waals surface area contributed by atoms with Crippen molar-refractivity contribution in [3.8, 4) is 0 Å². The summed E-state index contributed by atoms with van der Waals surface area (Å²) in [5, 5.41) is 1.31. The predicted octanol–water partition coefficient (Wildman–Crippen LogP) is 2.06. The number of aromatic nitrogens is 1. The first kappa shape index (κ1) is 20.9. The van der Waals surface area contributed by atoms with E-state index >= 15 is 0 Å². The molecule has 1 heterocycles. The second kappa shape index (κ2) is 14.5. The van der Waals surface area contributed by atoms with E-state index in [1.165, 1.54) is 10.9 Å². The molecule has 0 saturated carbocycles. The van der Waals surface area contributed by atoms with Crippen LogP contribution in [0.5, 0.6) is 0 Å². The van der Waals surface area contributed by atoms with E-state index in [1.54, 1.807) is 0 Å². The van der Waals surface area contributed by atoms with Gasteiger partial charge in [-0.25, -0.2) is 0 Å². The molecule has 0 spiro atoms. The second-order valence-electron chi connectivity index (χ2n) is 2.49. The maximum Gasteiger partial charge on any atom is 0 e. The van der Waals surface area contributed by atoms with Gasteiger partial charge < -0.3 is 4.57 Å². The Morgan fingerprint density at radius 2 is 1.35 bits per heavy atom. The van der Waals surface area contributed by atoms with Crippen molar-refractivity contribution >= 4 is 10.9 Å². The topological polar surface area (TPSA) is 64.6 Å². The van der Waals surface area contributed by atoms with Crippen LogP contribution in [0.4, 0.5) is 0 Å². The summed E-state index contributed by atoms with van der Waals surface area (Å²) in [4.78, 5) is 0. The Morgan fingerprint density at radius 1 is 0.882 bits per heavy atom. The van der Waals surface area contributed by atoms with Gasteiger partial charge in [0.1, 0.15) is 0 Å². The molecular formula is C12H9CrNO3. The molecule has 0 aliphatic heterocycles. The molecule has 2 rings (SSSR count). The van der Waals surface area contributed by atoms with Crippen LogP contribution in [0.2, 0.25) is 0 Å². The van der Waals surface area contributed by atoms with Crippen LogP contribution in [0.1, 0.15) is 0 Å². The molecule has 0 aliphatic rings. The average Bonchev–Trinajstić information content (AvgIpc) is 2.79. The van der Waals surface area contributed by atoms with Gasteiger partial charge in [-0.2, -0.15) is 0 Å². The summed E-state index contributed by atoms with van der Waals surface area (Å²) >= 11 is 0. The summed E-state index contributed by atoms with van der Waals surface area (Å²) in [6.07, 6.45) is 2.07. The molecule has 0 saturated heterocycles. The Kier molecular flexibility index (Phi) is 17.8. The quantitative estimate of drug-likeness (QED) is 0.518. The van der Waals surface area contributed by atoms with Crippen molar-refractivity contribution < 1.29 is 31.3 Å². The zero-order chi connectivity index (χ0) is 13.0. The van der Waals surface area contributed by atoms with Crippen LogP contribution in [0.15, 0.2) is 36.5 Å². The van der Waals surface area contributed by atoms with Gasteiger partial charge in [0, 0.05) is 36.1 Å². The van der Waals surface area contributed by atoms with Crippen LogP contribution in [0.3, 0.4) is 0 Å². The third-order valence-corrected chi connectivity index (χ3v) is 1.79. The molecule has 1 aromatic heterocycles. The van der Waals surface area contributed by atoms with Crippen LogP contribution < -0.4 is 0 Å². The zero-order valence-electron chi connectivity index (χ0n) is 9.04. The first-order valence-corrected chi connectivity index (χ1v) is 3.99. The minimum Gasteiger partial charge on any atom is 0 e. The van der Waals surface area contributed by atoms with Gasteiger partial charge in [-0.3, -0.25) is 0 Å². The fourth-order valence-electron chi connectivity index (χ4n) is 1.22. The van der Waals surface area contributed by atoms with Crippen molar-refractivity contribution in [3.63, 3.8) is 0 Å². The van der Waals surface area contributed by atoms with Gasteiger partial charge in [0.2, 0.25) is 0 Å². The van der Waals surface area contributed by atoms with Crippen molar-refractivity contribution in [1.82, 2.24) is 4.57 Å². The average molecular weight is 267 g/mol. The number of rotatable bonds is 0. The molecule has 1 aromatic carbocycles. The zero-order valence-corrected chi connectivity index (χ0v) is 10.3. The molecule has 86 valence electrons. The number of fused-ring (bicyclic) bond motifs is 1. The van der Waals surface area contributed by atoms with Crippen molar-refractivity contribution in [2.75, 3.05) is 0 Å². The van der Waals surface area contributed by atoms with Crippen molar-refractivity contribution in [1.29, 1.82) is 0 Å². The summed E-state index contributed by atoms with van der Waals surface area (Å²) in [5.41, 5.74) is 1.29. The number of nitrogens with zero attached hydrogens (tertiary/aromatic N) is 1. The Balaban J connectivity index is -0.000000248. The Bertz CT molecular complexity index is 457. The summed E-state index contributed by atoms with van der Waals surface area (Å²) in [5.74, 6) is 0. The molecule has 17 heavy (non-hydrogen) atoms. The summed E-state index contributed by atoms with van der Waals surface area (Å²) in [6.45, 7) is 13.5. The van der Waals surface area contributed by atoms with E-state index in [1.807, 2.05) is 0 Å². The van der Waals surface area contributed by atoms with Crippen LogP contribution in [-0.2, 0) is 38.4 Å². The minimum absolute atomic E-state index is 0. The van der Waals surface area contributed by atoms with Gasteiger partial charge in [0.05, 0.1) is 0 Å². The van der Waals surface area contributed by atoms with Gasteiger partial charge in [-0.1, -0.05) is 18.2 Å². The van der Waals surface area contributed by atoms with E-state index in [4.69, 9.17) is 14.0 Å². The number of benzene rings is 1. The third kappa shape index (κ3) is 6.63. The molecule has 2 aromatic rings. The van der Waals surface area contributed by atoms with Crippen LogP contribution in [0, 0.1) is 20.0 Å². The smallest absolute Gasteiger partial charge is 0 e. The van der Waals surface area contributed by atoms with Gasteiger partial charge in [-0.15, -0.1) is 0 Å². The molecule has 5 heteroatoms. The molecule has 0 bridgehead atoms. The van der Waals surface area contributed by atoms with Gasteiger partial charge in [0.15, 0.2) is 0 Å². The Morgan fingerprint density at radius 3 is 1.82 bits per heavy atom. The fourth-order valence-corrected chi connectivity index (χ4v) is 1.22. The van der Waals surface area contributed by atoms with E-state index in [9.17, 15) is 0 Å². The van der Waals surface area contributed by atoms with Gasteiger partial charge >= 0.3 is 33.9 Å². The van der Waals surface area contributed by atoms with E-state index in [0.29, 0.717) is 0 Å². The standard InChI is InChI=1S/C9H9N.3CO.Cr/c1-10-7-6-8-4-2-3-5-9(8)10;3*1-2;/h2-7H,1H3;;;;.